The minimum Gasteiger partial charge on any atom is -0.462 e. The number of nitrogens with zero attached hydrogens (tertiary/aromatic N) is 1. The van der Waals surface area contributed by atoms with Crippen LogP contribution in [0.25, 0.3) is 0 Å². The molecule has 0 saturated heterocycles. The van der Waals surface area contributed by atoms with Crippen LogP contribution in [0.3, 0.4) is 0 Å². The Morgan fingerprint density at radius 1 is 1.29 bits per heavy atom. The fourth-order valence-electron chi connectivity index (χ4n) is 2.86. The highest BCUT2D eigenvalue weighted by Crippen LogP contribution is 2.38. The molecule has 0 atom stereocenters. The van der Waals surface area contributed by atoms with Gasteiger partial charge >= 0.3 is 5.97 Å². The molecule has 2 aromatic heterocycles. The van der Waals surface area contributed by atoms with Crippen molar-refractivity contribution >= 4 is 28.2 Å². The second-order valence-electron chi connectivity index (χ2n) is 5.80. The minimum absolute atomic E-state index is 0.244. The number of nitrogens with one attached hydrogen (secondary N) is 1. The highest BCUT2D eigenvalue weighted by molar-refractivity contribution is 7.17. The van der Waals surface area contributed by atoms with Gasteiger partial charge in [-0.3, -0.25) is 4.79 Å². The van der Waals surface area contributed by atoms with Gasteiger partial charge in [0, 0.05) is 10.4 Å². The van der Waals surface area contributed by atoms with E-state index in [0.29, 0.717) is 28.5 Å². The summed E-state index contributed by atoms with van der Waals surface area (Å²) in [6.45, 7) is 5.62. The molecule has 1 N–H and O–H groups in total. The lowest BCUT2D eigenvalue weighted by atomic mass is 9.95. The fraction of sp³-hybridized carbons (Fsp3) is 0.471. The standard InChI is InChI=1S/C17H20N2O4S/c1-4-22-17(21)13-11-7-5-6-8-12(11)24-16(13)18-15(20)14-9(2)10(3)23-19-14/h4-8H2,1-3H3,(H,18,20). The number of thiophene rings is 1. The second-order valence-corrected chi connectivity index (χ2v) is 6.91. The molecule has 0 spiro atoms. The number of esters is 1. The first-order chi connectivity index (χ1) is 11.5. The van der Waals surface area contributed by atoms with Gasteiger partial charge in [0.25, 0.3) is 5.91 Å². The first kappa shape index (κ1) is 16.7. The summed E-state index contributed by atoms with van der Waals surface area (Å²) in [5.74, 6) is -0.134. The second kappa shape index (κ2) is 6.76. The molecule has 0 radical (unpaired) electrons. The maximum absolute atomic E-state index is 12.5. The Labute approximate surface area is 144 Å². The molecule has 0 bridgehead atoms. The molecule has 0 fully saturated rings. The van der Waals surface area contributed by atoms with Crippen molar-refractivity contribution in [1.29, 1.82) is 0 Å². The average Bonchev–Trinajstić information content (AvgIpc) is 3.08. The Morgan fingerprint density at radius 3 is 2.71 bits per heavy atom. The molecule has 2 aromatic rings. The summed E-state index contributed by atoms with van der Waals surface area (Å²) in [4.78, 5) is 26.1. The van der Waals surface area contributed by atoms with E-state index >= 15 is 0 Å². The molecule has 24 heavy (non-hydrogen) atoms. The van der Waals surface area contributed by atoms with Gasteiger partial charge in [-0.1, -0.05) is 5.16 Å². The molecule has 3 rings (SSSR count). The SMILES string of the molecule is CCOC(=O)c1c(NC(=O)c2noc(C)c2C)sc2c1CCCC2. The summed E-state index contributed by atoms with van der Waals surface area (Å²) in [6.07, 6.45) is 3.93. The molecule has 128 valence electrons. The molecule has 0 aliphatic heterocycles. The van der Waals surface area contributed by atoms with Crippen LogP contribution in [0, 0.1) is 13.8 Å². The fourth-order valence-corrected chi connectivity index (χ4v) is 4.14. The highest BCUT2D eigenvalue weighted by Gasteiger charge is 2.28. The number of aryl methyl sites for hydroxylation is 2. The topological polar surface area (TPSA) is 81.4 Å². The number of hydrogen-bond donors (Lipinski definition) is 1. The largest absolute Gasteiger partial charge is 0.462 e. The van der Waals surface area contributed by atoms with E-state index in [1.807, 2.05) is 0 Å². The molecular formula is C17H20N2O4S. The van der Waals surface area contributed by atoms with Crippen molar-refractivity contribution in [3.05, 3.63) is 33.0 Å². The number of ether oxygens (including phenoxy) is 1. The maximum atomic E-state index is 12.5. The van der Waals surface area contributed by atoms with Crippen LogP contribution in [0.1, 0.15) is 62.4 Å². The smallest absolute Gasteiger partial charge is 0.341 e. The summed E-state index contributed by atoms with van der Waals surface area (Å²) >= 11 is 1.46. The van der Waals surface area contributed by atoms with E-state index < -0.39 is 0 Å². The van der Waals surface area contributed by atoms with Gasteiger partial charge in [0.2, 0.25) is 0 Å². The molecule has 7 heteroatoms. The quantitative estimate of drug-likeness (QED) is 0.853. The third-order valence-electron chi connectivity index (χ3n) is 4.25. The van der Waals surface area contributed by atoms with E-state index in [4.69, 9.17) is 9.26 Å². The Hall–Kier alpha value is -2.15. The number of fused-ring (bicyclic) bond motifs is 1. The molecule has 0 aromatic carbocycles. The van der Waals surface area contributed by atoms with Gasteiger partial charge in [-0.2, -0.15) is 0 Å². The van der Waals surface area contributed by atoms with Crippen LogP contribution in [0.2, 0.25) is 0 Å². The van der Waals surface area contributed by atoms with Gasteiger partial charge in [-0.15, -0.1) is 11.3 Å². The van der Waals surface area contributed by atoms with Gasteiger partial charge in [-0.05, 0) is 52.0 Å². The van der Waals surface area contributed by atoms with Crippen molar-refractivity contribution in [3.63, 3.8) is 0 Å². The summed E-state index contributed by atoms with van der Waals surface area (Å²) < 4.78 is 10.2. The summed E-state index contributed by atoms with van der Waals surface area (Å²) in [7, 11) is 0. The van der Waals surface area contributed by atoms with Crippen molar-refractivity contribution in [2.75, 3.05) is 11.9 Å². The van der Waals surface area contributed by atoms with E-state index in [2.05, 4.69) is 10.5 Å². The van der Waals surface area contributed by atoms with Crippen LogP contribution in [-0.2, 0) is 17.6 Å². The van der Waals surface area contributed by atoms with E-state index in [0.717, 1.165) is 36.1 Å². The Morgan fingerprint density at radius 2 is 2.04 bits per heavy atom. The van der Waals surface area contributed by atoms with Crippen molar-refractivity contribution < 1.29 is 18.8 Å². The van der Waals surface area contributed by atoms with Crippen LogP contribution in [0.4, 0.5) is 5.00 Å². The predicted octanol–water partition coefficient (Wildman–Crippen LogP) is 3.66. The van der Waals surface area contributed by atoms with Crippen molar-refractivity contribution in [2.45, 2.75) is 46.5 Å². The molecule has 0 unspecified atom stereocenters. The van der Waals surface area contributed by atoms with Crippen LogP contribution < -0.4 is 5.32 Å². The molecule has 6 nitrogen and oxygen atoms in total. The van der Waals surface area contributed by atoms with Crippen LogP contribution in [0.5, 0.6) is 0 Å². The zero-order valence-corrected chi connectivity index (χ0v) is 14.8. The van der Waals surface area contributed by atoms with E-state index in [-0.39, 0.29) is 17.6 Å². The lowest BCUT2D eigenvalue weighted by molar-refractivity contribution is 0.0526. The summed E-state index contributed by atoms with van der Waals surface area (Å²) in [5.41, 5.74) is 2.47. The number of carbonyl (C=O) groups excluding carboxylic acids is 2. The third kappa shape index (κ3) is 2.96. The first-order valence-electron chi connectivity index (χ1n) is 8.08. The van der Waals surface area contributed by atoms with Gasteiger partial charge in [0.15, 0.2) is 5.69 Å². The first-order valence-corrected chi connectivity index (χ1v) is 8.90. The zero-order valence-electron chi connectivity index (χ0n) is 14.0. The number of anilines is 1. The van der Waals surface area contributed by atoms with Gasteiger partial charge in [0.1, 0.15) is 10.8 Å². The molecule has 1 aliphatic rings. The average molecular weight is 348 g/mol. The number of carbonyl (C=O) groups is 2. The normalized spacial score (nSPS) is 13.5. The van der Waals surface area contributed by atoms with Crippen molar-refractivity contribution in [2.24, 2.45) is 0 Å². The monoisotopic (exact) mass is 348 g/mol. The Bertz CT molecular complexity index is 791. The van der Waals surface area contributed by atoms with Crippen LogP contribution in [-0.4, -0.2) is 23.6 Å². The summed E-state index contributed by atoms with van der Waals surface area (Å²) in [5, 5.41) is 7.19. The van der Waals surface area contributed by atoms with Gasteiger partial charge in [-0.25, -0.2) is 4.79 Å². The van der Waals surface area contributed by atoms with Crippen molar-refractivity contribution in [1.82, 2.24) is 5.16 Å². The van der Waals surface area contributed by atoms with Crippen LogP contribution >= 0.6 is 11.3 Å². The molecule has 0 saturated carbocycles. The molecular weight excluding hydrogens is 328 g/mol. The Balaban J connectivity index is 1.95. The maximum Gasteiger partial charge on any atom is 0.341 e. The summed E-state index contributed by atoms with van der Waals surface area (Å²) in [6, 6.07) is 0. The molecule has 2 heterocycles. The number of rotatable bonds is 4. The van der Waals surface area contributed by atoms with E-state index in [1.165, 1.54) is 11.3 Å². The number of hydrogen-bond acceptors (Lipinski definition) is 6. The van der Waals surface area contributed by atoms with E-state index in [9.17, 15) is 9.59 Å². The predicted molar refractivity (Wildman–Crippen MR) is 90.8 cm³/mol. The van der Waals surface area contributed by atoms with Gasteiger partial charge < -0.3 is 14.6 Å². The zero-order chi connectivity index (χ0) is 17.3. The third-order valence-corrected chi connectivity index (χ3v) is 5.46. The number of aromatic nitrogens is 1. The van der Waals surface area contributed by atoms with Crippen molar-refractivity contribution in [3.8, 4) is 0 Å². The van der Waals surface area contributed by atoms with Gasteiger partial charge in [0.05, 0.1) is 12.2 Å². The highest BCUT2D eigenvalue weighted by atomic mass is 32.1. The lowest BCUT2D eigenvalue weighted by Gasteiger charge is -2.12. The lowest BCUT2D eigenvalue weighted by Crippen LogP contribution is -2.16. The number of amides is 1. The van der Waals surface area contributed by atoms with Crippen LogP contribution in [0.15, 0.2) is 4.52 Å². The molecule has 1 aliphatic carbocycles. The Kier molecular flexibility index (Phi) is 4.71. The van der Waals surface area contributed by atoms with E-state index in [1.54, 1.807) is 20.8 Å². The molecule has 1 amide bonds. The minimum atomic E-state index is -0.375.